The molecule has 2 atom stereocenters. The van der Waals surface area contributed by atoms with E-state index >= 15 is 0 Å². The van der Waals surface area contributed by atoms with E-state index in [0.717, 1.165) is 0 Å². The van der Waals surface area contributed by atoms with Crippen LogP contribution in [0.25, 0.3) is 0 Å². The molecule has 0 fully saturated rings. The third kappa shape index (κ3) is 21.2. The Morgan fingerprint density at radius 3 is 1.08 bits per heavy atom. The Morgan fingerprint density at radius 1 is 0.480 bits per heavy atom. The van der Waals surface area contributed by atoms with E-state index in [-0.39, 0.29) is 0 Å². The van der Waals surface area contributed by atoms with Gasteiger partial charge in [-0.1, -0.05) is 117 Å². The van der Waals surface area contributed by atoms with Crippen LogP contribution in [0.5, 0.6) is 0 Å². The van der Waals surface area contributed by atoms with Gasteiger partial charge in [-0.3, -0.25) is 0 Å². The van der Waals surface area contributed by atoms with Gasteiger partial charge < -0.3 is 0 Å². The van der Waals surface area contributed by atoms with E-state index in [1.807, 2.05) is 11.8 Å². The van der Waals surface area contributed by atoms with Crippen LogP contribution in [0.15, 0.2) is 0 Å². The van der Waals surface area contributed by atoms with Gasteiger partial charge in [0.15, 0.2) is 0 Å². The van der Waals surface area contributed by atoms with Crippen molar-refractivity contribution < 1.29 is 0 Å². The first-order valence-corrected chi connectivity index (χ1v) is 13.2. The minimum Gasteiger partial charge on any atom is -0.165 e. The van der Waals surface area contributed by atoms with Crippen LogP contribution in [-0.4, -0.2) is 9.16 Å². The maximum atomic E-state index is 4.77. The van der Waals surface area contributed by atoms with Crippen LogP contribution >= 0.6 is 37.0 Å². The average molecular weight is 407 g/mol. The summed E-state index contributed by atoms with van der Waals surface area (Å²) in [6.07, 6.45) is 24.9. The first-order chi connectivity index (χ1) is 12.2. The molecule has 152 valence electrons. The Labute approximate surface area is 175 Å². The summed E-state index contributed by atoms with van der Waals surface area (Å²) in [7, 11) is 0. The second-order valence-electron chi connectivity index (χ2n) is 7.57. The van der Waals surface area contributed by atoms with E-state index in [1.165, 1.54) is 116 Å². The topological polar surface area (TPSA) is 0 Å². The summed E-state index contributed by atoms with van der Waals surface area (Å²) in [5, 5.41) is 0. The fraction of sp³-hybridized carbons (Fsp3) is 1.00. The summed E-state index contributed by atoms with van der Waals surface area (Å²) in [6, 6.07) is 0. The highest BCUT2D eigenvalue weighted by Crippen LogP contribution is 2.31. The lowest BCUT2D eigenvalue weighted by atomic mass is 10.1. The van der Waals surface area contributed by atoms with E-state index in [4.69, 9.17) is 25.3 Å². The summed E-state index contributed by atoms with van der Waals surface area (Å²) >= 11 is 11.5. The first-order valence-electron chi connectivity index (χ1n) is 11.2. The fourth-order valence-electron chi connectivity index (χ4n) is 3.22. The molecule has 0 aliphatic rings. The van der Waals surface area contributed by atoms with Crippen molar-refractivity contribution in [3.05, 3.63) is 0 Å². The van der Waals surface area contributed by atoms with Crippen LogP contribution in [0.4, 0.5) is 0 Å². The molecule has 0 rings (SSSR count). The van der Waals surface area contributed by atoms with Crippen molar-refractivity contribution in [2.75, 3.05) is 0 Å². The van der Waals surface area contributed by atoms with Crippen molar-refractivity contribution in [2.45, 2.75) is 139 Å². The van der Waals surface area contributed by atoms with Gasteiger partial charge in [0.2, 0.25) is 0 Å². The number of thioether (sulfide) groups is 1. The number of hydrogen-bond donors (Lipinski definition) is 2. The Balaban J connectivity index is 3.31. The molecule has 2 unspecified atom stereocenters. The molecular formula is C22H46S3. The van der Waals surface area contributed by atoms with Gasteiger partial charge in [-0.2, -0.15) is 25.3 Å². The Hall–Kier alpha value is 1.05. The highest BCUT2D eigenvalue weighted by molar-refractivity contribution is 8.16. The Bertz CT molecular complexity index is 221. The molecule has 25 heavy (non-hydrogen) atoms. The predicted molar refractivity (Wildman–Crippen MR) is 128 cm³/mol. The molecule has 0 aliphatic heterocycles. The zero-order valence-corrected chi connectivity index (χ0v) is 19.8. The molecule has 0 amide bonds. The molecule has 0 saturated heterocycles. The van der Waals surface area contributed by atoms with Gasteiger partial charge in [0.25, 0.3) is 0 Å². The van der Waals surface area contributed by atoms with E-state index < -0.39 is 0 Å². The molecule has 0 saturated carbocycles. The highest BCUT2D eigenvalue weighted by Gasteiger charge is 2.10. The third-order valence-corrected chi connectivity index (χ3v) is 7.27. The summed E-state index contributed by atoms with van der Waals surface area (Å²) < 4.78 is 0.966. The maximum absolute atomic E-state index is 4.77. The van der Waals surface area contributed by atoms with Gasteiger partial charge in [-0.25, -0.2) is 0 Å². The molecule has 0 aromatic rings. The van der Waals surface area contributed by atoms with Crippen LogP contribution in [0.2, 0.25) is 0 Å². The van der Waals surface area contributed by atoms with Crippen LogP contribution in [0, 0.1) is 0 Å². The highest BCUT2D eigenvalue weighted by atomic mass is 32.2. The second-order valence-corrected chi connectivity index (χ2v) is 10.9. The molecule has 0 bridgehead atoms. The third-order valence-electron chi connectivity index (χ3n) is 4.92. The largest absolute Gasteiger partial charge is 0.165 e. The van der Waals surface area contributed by atoms with E-state index in [0.29, 0.717) is 9.16 Å². The molecule has 0 aromatic heterocycles. The van der Waals surface area contributed by atoms with Gasteiger partial charge in [-0.15, -0.1) is 11.8 Å². The normalized spacial score (nSPS) is 13.9. The summed E-state index contributed by atoms with van der Waals surface area (Å²) in [5.74, 6) is 0. The number of rotatable bonds is 20. The average Bonchev–Trinajstić information content (AvgIpc) is 2.59. The van der Waals surface area contributed by atoms with Crippen LogP contribution in [0.1, 0.15) is 129 Å². The predicted octanol–water partition coefficient (Wildman–Crippen LogP) is 9.29. The van der Waals surface area contributed by atoms with Crippen LogP contribution in [0.3, 0.4) is 0 Å². The van der Waals surface area contributed by atoms with Gasteiger partial charge in [0, 0.05) is 9.16 Å². The molecule has 0 nitrogen and oxygen atoms in total. The minimum atomic E-state index is 0.483. The SMILES string of the molecule is CCCCCCCCCCC(S)SC(S)CCCCCCCCCC. The molecule has 0 spiro atoms. The minimum absolute atomic E-state index is 0.483. The van der Waals surface area contributed by atoms with E-state index in [1.54, 1.807) is 0 Å². The molecule has 0 aromatic carbocycles. The van der Waals surface area contributed by atoms with Crippen molar-refractivity contribution in [1.29, 1.82) is 0 Å². The van der Waals surface area contributed by atoms with E-state index in [9.17, 15) is 0 Å². The molecule has 3 heteroatoms. The number of unbranched alkanes of at least 4 members (excludes halogenated alkanes) is 14. The molecule has 0 N–H and O–H groups in total. The van der Waals surface area contributed by atoms with Gasteiger partial charge >= 0.3 is 0 Å². The zero-order valence-electron chi connectivity index (χ0n) is 17.2. The van der Waals surface area contributed by atoms with Crippen molar-refractivity contribution in [2.24, 2.45) is 0 Å². The summed E-state index contributed by atoms with van der Waals surface area (Å²) in [4.78, 5) is 0. The monoisotopic (exact) mass is 406 g/mol. The zero-order chi connectivity index (χ0) is 18.6. The maximum Gasteiger partial charge on any atom is 0.0483 e. The van der Waals surface area contributed by atoms with Crippen molar-refractivity contribution >= 4 is 37.0 Å². The lowest BCUT2D eigenvalue weighted by Crippen LogP contribution is -2.01. The molecule has 0 radical (unpaired) electrons. The lowest BCUT2D eigenvalue weighted by Gasteiger charge is -2.16. The van der Waals surface area contributed by atoms with Crippen LogP contribution < -0.4 is 0 Å². The molecular weight excluding hydrogens is 360 g/mol. The lowest BCUT2D eigenvalue weighted by molar-refractivity contribution is 0.569. The number of thiol groups is 2. The smallest absolute Gasteiger partial charge is 0.0483 e. The van der Waals surface area contributed by atoms with Crippen molar-refractivity contribution in [3.63, 3.8) is 0 Å². The van der Waals surface area contributed by atoms with Gasteiger partial charge in [0.1, 0.15) is 0 Å². The Kier molecular flexibility index (Phi) is 22.2. The van der Waals surface area contributed by atoms with E-state index in [2.05, 4.69) is 13.8 Å². The molecule has 0 heterocycles. The van der Waals surface area contributed by atoms with Crippen molar-refractivity contribution in [3.8, 4) is 0 Å². The second kappa shape index (κ2) is 21.4. The number of hydrogen-bond acceptors (Lipinski definition) is 3. The molecule has 0 aliphatic carbocycles. The fourth-order valence-corrected chi connectivity index (χ4v) is 5.73. The van der Waals surface area contributed by atoms with Gasteiger partial charge in [0.05, 0.1) is 0 Å². The summed E-state index contributed by atoms with van der Waals surface area (Å²) in [6.45, 7) is 4.57. The Morgan fingerprint density at radius 2 is 0.760 bits per heavy atom. The quantitative estimate of drug-likeness (QED) is 0.115. The van der Waals surface area contributed by atoms with Crippen molar-refractivity contribution in [1.82, 2.24) is 0 Å². The van der Waals surface area contributed by atoms with Gasteiger partial charge in [-0.05, 0) is 12.8 Å². The first kappa shape index (κ1) is 26.1. The summed E-state index contributed by atoms with van der Waals surface area (Å²) in [5.41, 5.74) is 0. The van der Waals surface area contributed by atoms with Crippen LogP contribution in [-0.2, 0) is 0 Å². The standard InChI is InChI=1S/C22H46S3/c1-3-5-7-9-11-13-15-17-19-21(23)25-22(24)20-18-16-14-12-10-8-6-4-2/h21-24H,3-20H2,1-2H3.